The maximum Gasteiger partial charge on any atom is 0.270 e. The normalized spacial score (nSPS) is 10.4. The molecule has 0 spiro atoms. The number of nitrogens with one attached hydrogen (secondary N) is 2. The van der Waals surface area contributed by atoms with Crippen LogP contribution in [0.15, 0.2) is 60.8 Å². The van der Waals surface area contributed by atoms with E-state index >= 15 is 0 Å². The van der Waals surface area contributed by atoms with Crippen molar-refractivity contribution < 1.29 is 9.18 Å². The minimum Gasteiger partial charge on any atom is -0.350 e. The maximum atomic E-state index is 13.6. The highest BCUT2D eigenvalue weighted by atomic mass is 35.5. The first-order chi connectivity index (χ1) is 13.1. The third kappa shape index (κ3) is 5.49. The molecule has 5 nitrogen and oxygen atoms in total. The van der Waals surface area contributed by atoms with E-state index in [1.54, 1.807) is 30.3 Å². The molecule has 0 radical (unpaired) electrons. The summed E-state index contributed by atoms with van der Waals surface area (Å²) >= 11 is 5.86. The van der Waals surface area contributed by atoms with E-state index < -0.39 is 0 Å². The number of carbonyl (C=O) groups excluding carboxylic acids is 1. The lowest BCUT2D eigenvalue weighted by atomic mass is 10.1. The average molecular weight is 385 g/mol. The molecule has 2 aromatic carbocycles. The van der Waals surface area contributed by atoms with E-state index in [0.717, 1.165) is 5.56 Å². The highest BCUT2D eigenvalue weighted by Crippen LogP contribution is 2.11. The summed E-state index contributed by atoms with van der Waals surface area (Å²) in [5, 5.41) is 6.48. The quantitative estimate of drug-likeness (QED) is 0.649. The van der Waals surface area contributed by atoms with Crippen LogP contribution in [0.25, 0.3) is 0 Å². The smallest absolute Gasteiger partial charge is 0.270 e. The van der Waals surface area contributed by atoms with E-state index in [1.807, 2.05) is 12.1 Å². The molecule has 0 aliphatic rings. The number of nitrogens with zero attached hydrogens (tertiary/aromatic N) is 2. The van der Waals surface area contributed by atoms with Crippen LogP contribution in [-0.4, -0.2) is 22.4 Å². The Kier molecular flexibility index (Phi) is 6.33. The van der Waals surface area contributed by atoms with E-state index in [4.69, 9.17) is 11.6 Å². The number of hydrogen-bond donors (Lipinski definition) is 2. The number of halogens is 2. The van der Waals surface area contributed by atoms with Gasteiger partial charge in [0, 0.05) is 24.3 Å². The van der Waals surface area contributed by atoms with Gasteiger partial charge in [-0.1, -0.05) is 41.9 Å². The molecule has 0 fully saturated rings. The number of carbonyl (C=O) groups is 1. The van der Waals surface area contributed by atoms with Gasteiger partial charge in [0.2, 0.25) is 5.95 Å². The summed E-state index contributed by atoms with van der Waals surface area (Å²) in [5.41, 5.74) is 1.82. The van der Waals surface area contributed by atoms with Crippen LogP contribution < -0.4 is 10.6 Å². The van der Waals surface area contributed by atoms with Crippen LogP contribution in [0.2, 0.25) is 5.02 Å². The number of benzene rings is 2. The SMILES string of the molecule is O=C(NCCc1ccccc1F)c1ccnc(NCc2ccc(Cl)cc2)n1. The van der Waals surface area contributed by atoms with Crippen molar-refractivity contribution in [3.63, 3.8) is 0 Å². The Morgan fingerprint density at radius 1 is 1.07 bits per heavy atom. The van der Waals surface area contributed by atoms with Crippen LogP contribution in [0.3, 0.4) is 0 Å². The van der Waals surface area contributed by atoms with E-state index in [-0.39, 0.29) is 17.4 Å². The van der Waals surface area contributed by atoms with Gasteiger partial charge in [0.25, 0.3) is 5.91 Å². The first kappa shape index (κ1) is 18.8. The first-order valence-electron chi connectivity index (χ1n) is 8.45. The van der Waals surface area contributed by atoms with E-state index in [2.05, 4.69) is 20.6 Å². The summed E-state index contributed by atoms with van der Waals surface area (Å²) in [4.78, 5) is 20.6. The fourth-order valence-electron chi connectivity index (χ4n) is 2.46. The van der Waals surface area contributed by atoms with Gasteiger partial charge in [0.05, 0.1) is 0 Å². The number of amides is 1. The summed E-state index contributed by atoms with van der Waals surface area (Å²) in [7, 11) is 0. The molecule has 0 unspecified atom stereocenters. The molecule has 2 N–H and O–H groups in total. The van der Waals surface area contributed by atoms with Gasteiger partial charge in [-0.25, -0.2) is 14.4 Å². The van der Waals surface area contributed by atoms with E-state index in [9.17, 15) is 9.18 Å². The monoisotopic (exact) mass is 384 g/mol. The zero-order valence-corrected chi connectivity index (χ0v) is 15.2. The lowest BCUT2D eigenvalue weighted by Gasteiger charge is -2.08. The van der Waals surface area contributed by atoms with Crippen molar-refractivity contribution in [1.82, 2.24) is 15.3 Å². The molecule has 0 aliphatic heterocycles. The molecule has 0 bridgehead atoms. The Balaban J connectivity index is 1.53. The van der Waals surface area contributed by atoms with Gasteiger partial charge in [-0.05, 0) is 41.8 Å². The fraction of sp³-hybridized carbons (Fsp3) is 0.150. The largest absolute Gasteiger partial charge is 0.350 e. The highest BCUT2D eigenvalue weighted by Gasteiger charge is 2.09. The molecule has 1 heterocycles. The topological polar surface area (TPSA) is 66.9 Å². The molecule has 27 heavy (non-hydrogen) atoms. The summed E-state index contributed by atoms with van der Waals surface area (Å²) in [6.07, 6.45) is 1.92. The van der Waals surface area contributed by atoms with Crippen molar-refractivity contribution >= 4 is 23.5 Å². The van der Waals surface area contributed by atoms with Crippen LogP contribution >= 0.6 is 11.6 Å². The Hall–Kier alpha value is -2.99. The number of aromatic nitrogens is 2. The van der Waals surface area contributed by atoms with Crippen molar-refractivity contribution in [3.8, 4) is 0 Å². The minimum atomic E-state index is -0.330. The molecule has 138 valence electrons. The standard InChI is InChI=1S/C20H18ClFN4O/c21-16-7-5-14(6-8-16)13-25-20-24-12-10-18(26-20)19(27)23-11-9-15-3-1-2-4-17(15)22/h1-8,10,12H,9,11,13H2,(H,23,27)(H,24,25,26). The van der Waals surface area contributed by atoms with Crippen LogP contribution in [0.4, 0.5) is 10.3 Å². The van der Waals surface area contributed by atoms with E-state index in [0.29, 0.717) is 36.0 Å². The average Bonchev–Trinajstić information content (AvgIpc) is 2.69. The Morgan fingerprint density at radius 2 is 1.85 bits per heavy atom. The lowest BCUT2D eigenvalue weighted by Crippen LogP contribution is -2.27. The second kappa shape index (κ2) is 9.09. The van der Waals surface area contributed by atoms with Crippen LogP contribution in [-0.2, 0) is 13.0 Å². The summed E-state index contributed by atoms with van der Waals surface area (Å²) < 4.78 is 13.6. The second-order valence-corrected chi connectivity index (χ2v) is 6.28. The molecule has 1 aromatic heterocycles. The summed E-state index contributed by atoms with van der Waals surface area (Å²) in [6, 6.07) is 15.4. The molecule has 3 rings (SSSR count). The Bertz CT molecular complexity index is 918. The molecular weight excluding hydrogens is 367 g/mol. The van der Waals surface area contributed by atoms with Gasteiger partial charge < -0.3 is 10.6 Å². The summed E-state index contributed by atoms with van der Waals surface area (Å²) in [5.74, 6) is -0.252. The van der Waals surface area contributed by atoms with Crippen LogP contribution in [0, 0.1) is 5.82 Å². The zero-order chi connectivity index (χ0) is 19.1. The predicted octanol–water partition coefficient (Wildman–Crippen LogP) is 3.85. The van der Waals surface area contributed by atoms with Crippen LogP contribution in [0.1, 0.15) is 21.6 Å². The third-order valence-corrected chi connectivity index (χ3v) is 4.14. The highest BCUT2D eigenvalue weighted by molar-refractivity contribution is 6.30. The number of anilines is 1. The van der Waals surface area contributed by atoms with Gasteiger partial charge in [0.1, 0.15) is 11.5 Å². The molecule has 0 saturated heterocycles. The van der Waals surface area contributed by atoms with Crippen molar-refractivity contribution in [2.45, 2.75) is 13.0 Å². The van der Waals surface area contributed by atoms with Crippen molar-refractivity contribution in [3.05, 3.63) is 88.5 Å². The van der Waals surface area contributed by atoms with Gasteiger partial charge in [-0.3, -0.25) is 4.79 Å². The molecule has 0 saturated carbocycles. The van der Waals surface area contributed by atoms with Gasteiger partial charge >= 0.3 is 0 Å². The third-order valence-electron chi connectivity index (χ3n) is 3.89. The van der Waals surface area contributed by atoms with Crippen molar-refractivity contribution in [1.29, 1.82) is 0 Å². The van der Waals surface area contributed by atoms with Gasteiger partial charge in [-0.15, -0.1) is 0 Å². The predicted molar refractivity (Wildman–Crippen MR) is 103 cm³/mol. The zero-order valence-electron chi connectivity index (χ0n) is 14.5. The molecular formula is C20H18ClFN4O. The van der Waals surface area contributed by atoms with E-state index in [1.165, 1.54) is 18.3 Å². The molecule has 3 aromatic rings. The lowest BCUT2D eigenvalue weighted by molar-refractivity contribution is 0.0949. The van der Waals surface area contributed by atoms with Crippen molar-refractivity contribution in [2.75, 3.05) is 11.9 Å². The number of rotatable bonds is 7. The number of hydrogen-bond acceptors (Lipinski definition) is 4. The second-order valence-electron chi connectivity index (χ2n) is 5.84. The fourth-order valence-corrected chi connectivity index (χ4v) is 2.58. The molecule has 0 aliphatic carbocycles. The molecule has 7 heteroatoms. The Labute approximate surface area is 161 Å². The van der Waals surface area contributed by atoms with Gasteiger partial charge in [-0.2, -0.15) is 0 Å². The Morgan fingerprint density at radius 3 is 2.63 bits per heavy atom. The maximum absolute atomic E-state index is 13.6. The summed E-state index contributed by atoms with van der Waals surface area (Å²) in [6.45, 7) is 0.826. The molecule has 0 atom stereocenters. The van der Waals surface area contributed by atoms with Crippen molar-refractivity contribution in [2.24, 2.45) is 0 Å². The van der Waals surface area contributed by atoms with Gasteiger partial charge in [0.15, 0.2) is 0 Å². The molecule has 1 amide bonds. The minimum absolute atomic E-state index is 0.247. The first-order valence-corrected chi connectivity index (χ1v) is 8.82. The van der Waals surface area contributed by atoms with Crippen LogP contribution in [0.5, 0.6) is 0 Å².